The molecule has 1 atom stereocenters. The van der Waals surface area contributed by atoms with Gasteiger partial charge in [-0.25, -0.2) is 4.68 Å². The normalized spacial score (nSPS) is 19.1. The number of ketones is 1. The summed E-state index contributed by atoms with van der Waals surface area (Å²) in [6.45, 7) is 4.25. The van der Waals surface area contributed by atoms with Gasteiger partial charge in [-0.15, -0.1) is 5.10 Å². The fourth-order valence-corrected chi connectivity index (χ4v) is 4.65. The highest BCUT2D eigenvalue weighted by Gasteiger charge is 2.42. The standard InChI is InChI=1S/C25H26N4O3/c1-25(2)13-18-21(19(30)14-25)22(15-9-11-16(31-3)12-10-15)29-24(26-18)27-23(28-29)17-7-5-6-8-20(17)32-4/h5-12,22H,13-14H2,1-4H3,(H,26,27,28)/t22-/m1/s1. The molecular formula is C25H26N4O3. The average molecular weight is 431 g/mol. The quantitative estimate of drug-likeness (QED) is 0.651. The molecule has 7 heteroatoms. The number of carbonyl (C=O) groups is 1. The number of aromatic nitrogens is 3. The number of methoxy groups -OCH3 is 2. The number of Topliss-reactive ketones (excluding diaryl/α,β-unsaturated/α-hetero) is 1. The van der Waals surface area contributed by atoms with Gasteiger partial charge in [0, 0.05) is 17.7 Å². The summed E-state index contributed by atoms with van der Waals surface area (Å²) in [5.74, 6) is 2.78. The van der Waals surface area contributed by atoms with Crippen molar-refractivity contribution >= 4 is 11.7 Å². The van der Waals surface area contributed by atoms with Crippen LogP contribution in [0, 0.1) is 5.41 Å². The molecule has 2 aromatic carbocycles. The maximum absolute atomic E-state index is 13.3. The van der Waals surface area contributed by atoms with E-state index in [2.05, 4.69) is 19.2 Å². The van der Waals surface area contributed by atoms with Crippen molar-refractivity contribution in [1.29, 1.82) is 0 Å². The van der Waals surface area contributed by atoms with Gasteiger partial charge in [0.15, 0.2) is 11.6 Å². The predicted molar refractivity (Wildman–Crippen MR) is 122 cm³/mol. The first-order valence-electron chi connectivity index (χ1n) is 10.7. The van der Waals surface area contributed by atoms with Gasteiger partial charge >= 0.3 is 0 Å². The van der Waals surface area contributed by atoms with Crippen molar-refractivity contribution in [3.63, 3.8) is 0 Å². The van der Waals surface area contributed by atoms with E-state index in [-0.39, 0.29) is 17.2 Å². The van der Waals surface area contributed by atoms with Gasteiger partial charge in [-0.3, -0.25) is 4.79 Å². The molecule has 0 saturated carbocycles. The van der Waals surface area contributed by atoms with Crippen LogP contribution in [0.15, 0.2) is 59.8 Å². The number of allylic oxidation sites excluding steroid dienone is 2. The Morgan fingerprint density at radius 1 is 1.03 bits per heavy atom. The number of nitrogens with one attached hydrogen (secondary N) is 1. The third-order valence-corrected chi connectivity index (χ3v) is 6.11. The van der Waals surface area contributed by atoms with Gasteiger partial charge < -0.3 is 14.8 Å². The molecule has 5 rings (SSSR count). The smallest absolute Gasteiger partial charge is 0.226 e. The van der Waals surface area contributed by atoms with Crippen LogP contribution < -0.4 is 14.8 Å². The van der Waals surface area contributed by atoms with Crippen LogP contribution in [0.4, 0.5) is 5.95 Å². The van der Waals surface area contributed by atoms with Crippen molar-refractivity contribution < 1.29 is 14.3 Å². The molecule has 0 radical (unpaired) electrons. The molecule has 7 nitrogen and oxygen atoms in total. The van der Waals surface area contributed by atoms with Gasteiger partial charge in [0.1, 0.15) is 17.5 Å². The van der Waals surface area contributed by atoms with E-state index >= 15 is 0 Å². The molecule has 0 unspecified atom stereocenters. The molecule has 0 spiro atoms. The number of benzene rings is 2. The van der Waals surface area contributed by atoms with E-state index in [1.54, 1.807) is 14.2 Å². The second-order valence-corrected chi connectivity index (χ2v) is 9.04. The first-order valence-corrected chi connectivity index (χ1v) is 10.7. The van der Waals surface area contributed by atoms with Gasteiger partial charge in [0.2, 0.25) is 5.95 Å². The summed E-state index contributed by atoms with van der Waals surface area (Å²) in [4.78, 5) is 18.1. The Morgan fingerprint density at radius 3 is 2.50 bits per heavy atom. The third-order valence-electron chi connectivity index (χ3n) is 6.11. The highest BCUT2D eigenvalue weighted by molar-refractivity contribution is 6.00. The second-order valence-electron chi connectivity index (χ2n) is 9.04. The summed E-state index contributed by atoms with van der Waals surface area (Å²) >= 11 is 0. The predicted octanol–water partition coefficient (Wildman–Crippen LogP) is 4.62. The van der Waals surface area contributed by atoms with Gasteiger partial charge in [-0.2, -0.15) is 4.98 Å². The summed E-state index contributed by atoms with van der Waals surface area (Å²) in [7, 11) is 3.27. The first kappa shape index (κ1) is 20.3. The zero-order chi connectivity index (χ0) is 22.5. The Balaban J connectivity index is 1.68. The lowest BCUT2D eigenvalue weighted by atomic mass is 9.73. The maximum Gasteiger partial charge on any atom is 0.226 e. The zero-order valence-corrected chi connectivity index (χ0v) is 18.7. The van der Waals surface area contributed by atoms with Crippen LogP contribution in [0.2, 0.25) is 0 Å². The number of fused-ring (bicyclic) bond motifs is 1. The van der Waals surface area contributed by atoms with Crippen molar-refractivity contribution in [3.05, 3.63) is 65.4 Å². The number of hydrogen-bond donors (Lipinski definition) is 1. The Hall–Kier alpha value is -3.61. The summed E-state index contributed by atoms with van der Waals surface area (Å²) < 4.78 is 12.7. The number of ether oxygens (including phenoxy) is 2. The van der Waals surface area contributed by atoms with Crippen LogP contribution in [0.1, 0.15) is 38.3 Å². The van der Waals surface area contributed by atoms with Gasteiger partial charge in [-0.1, -0.05) is 38.1 Å². The fraction of sp³-hybridized carbons (Fsp3) is 0.320. The van der Waals surface area contributed by atoms with Crippen LogP contribution in [0.25, 0.3) is 11.4 Å². The number of anilines is 1. The van der Waals surface area contributed by atoms with Crippen molar-refractivity contribution in [2.24, 2.45) is 5.41 Å². The molecule has 32 heavy (non-hydrogen) atoms. The molecule has 2 heterocycles. The third kappa shape index (κ3) is 3.34. The maximum atomic E-state index is 13.3. The van der Waals surface area contributed by atoms with E-state index in [9.17, 15) is 4.79 Å². The number of rotatable bonds is 4. The summed E-state index contributed by atoms with van der Waals surface area (Å²) in [6, 6.07) is 15.1. The van der Waals surface area contributed by atoms with Crippen molar-refractivity contribution in [3.8, 4) is 22.9 Å². The molecule has 2 aliphatic rings. The van der Waals surface area contributed by atoms with Crippen molar-refractivity contribution in [2.75, 3.05) is 19.5 Å². The van der Waals surface area contributed by atoms with E-state index in [1.807, 2.05) is 53.2 Å². The summed E-state index contributed by atoms with van der Waals surface area (Å²) in [5, 5.41) is 8.25. The number of hydrogen-bond acceptors (Lipinski definition) is 6. The Labute approximate surface area is 187 Å². The number of carbonyl (C=O) groups excluding carboxylic acids is 1. The molecule has 0 bridgehead atoms. The lowest BCUT2D eigenvalue weighted by molar-refractivity contribution is -0.118. The lowest BCUT2D eigenvalue weighted by Crippen LogP contribution is -2.36. The van der Waals surface area contributed by atoms with E-state index < -0.39 is 0 Å². The first-order chi connectivity index (χ1) is 15.4. The number of nitrogens with zero attached hydrogens (tertiary/aromatic N) is 3. The number of para-hydroxylation sites is 1. The van der Waals surface area contributed by atoms with Gasteiger partial charge in [0.25, 0.3) is 0 Å². The molecule has 0 fully saturated rings. The topological polar surface area (TPSA) is 78.3 Å². The van der Waals surface area contributed by atoms with Gasteiger partial charge in [0.05, 0.1) is 19.8 Å². The molecule has 1 aromatic heterocycles. The van der Waals surface area contributed by atoms with Crippen LogP contribution in [-0.4, -0.2) is 34.8 Å². The minimum atomic E-state index is -0.355. The van der Waals surface area contributed by atoms with Crippen LogP contribution in [0.3, 0.4) is 0 Å². The lowest BCUT2D eigenvalue weighted by Gasteiger charge is -2.38. The summed E-state index contributed by atoms with van der Waals surface area (Å²) in [5.41, 5.74) is 3.35. The average Bonchev–Trinajstić information content (AvgIpc) is 3.20. The Kier molecular flexibility index (Phi) is 4.77. The Bertz CT molecular complexity index is 1220. The molecule has 0 saturated heterocycles. The second kappa shape index (κ2) is 7.51. The highest BCUT2D eigenvalue weighted by atomic mass is 16.5. The zero-order valence-electron chi connectivity index (χ0n) is 18.7. The minimum absolute atomic E-state index is 0.110. The molecule has 1 aliphatic heterocycles. The molecule has 164 valence electrons. The molecule has 3 aromatic rings. The van der Waals surface area contributed by atoms with Crippen LogP contribution in [-0.2, 0) is 4.79 Å². The molecular weight excluding hydrogens is 404 g/mol. The van der Waals surface area contributed by atoms with Gasteiger partial charge in [-0.05, 0) is 41.7 Å². The minimum Gasteiger partial charge on any atom is -0.497 e. The van der Waals surface area contributed by atoms with E-state index in [0.29, 0.717) is 23.9 Å². The highest BCUT2D eigenvalue weighted by Crippen LogP contribution is 2.46. The largest absolute Gasteiger partial charge is 0.497 e. The molecule has 1 N–H and O–H groups in total. The summed E-state index contributed by atoms with van der Waals surface area (Å²) in [6.07, 6.45) is 1.28. The van der Waals surface area contributed by atoms with E-state index in [4.69, 9.17) is 19.6 Å². The van der Waals surface area contributed by atoms with E-state index in [1.165, 1.54) is 0 Å². The van der Waals surface area contributed by atoms with Crippen LogP contribution in [0.5, 0.6) is 11.5 Å². The van der Waals surface area contributed by atoms with Crippen molar-refractivity contribution in [1.82, 2.24) is 14.8 Å². The molecule has 1 aliphatic carbocycles. The molecule has 0 amide bonds. The monoisotopic (exact) mass is 430 g/mol. The Morgan fingerprint density at radius 2 is 1.78 bits per heavy atom. The SMILES string of the molecule is COc1ccc([C@@H]2C3=C(CC(C)(C)CC3=O)Nc3nc(-c4ccccc4OC)nn32)cc1. The fourth-order valence-electron chi connectivity index (χ4n) is 4.65. The van der Waals surface area contributed by atoms with Crippen LogP contribution >= 0.6 is 0 Å². The van der Waals surface area contributed by atoms with Crippen molar-refractivity contribution in [2.45, 2.75) is 32.7 Å². The van der Waals surface area contributed by atoms with E-state index in [0.717, 1.165) is 34.6 Å².